The molecule has 8 rings (SSSR count). The van der Waals surface area contributed by atoms with Crippen LogP contribution < -0.4 is 18.5 Å². The second-order valence-electron chi connectivity index (χ2n) is 30.4. The third-order valence-corrected chi connectivity index (χ3v) is 17.5. The van der Waals surface area contributed by atoms with Crippen LogP contribution in [0.1, 0.15) is 221 Å². The average molecular weight is 1090 g/mol. The summed E-state index contributed by atoms with van der Waals surface area (Å²) < 4.78 is 51.2. The van der Waals surface area contributed by atoms with Crippen LogP contribution in [-0.4, -0.2) is 38.4 Å². The van der Waals surface area contributed by atoms with Gasteiger partial charge in [-0.3, -0.25) is 9.59 Å². The molecule has 10 nitrogen and oxygen atoms in total. The Balaban J connectivity index is 1.02. The number of rotatable bonds is 14. The summed E-state index contributed by atoms with van der Waals surface area (Å²) in [4.78, 5) is 28.3. The van der Waals surface area contributed by atoms with Crippen LogP contribution in [0.5, 0.6) is 23.0 Å². The lowest BCUT2D eigenvalue weighted by molar-refractivity contribution is -0.134. The second-order valence-corrected chi connectivity index (χ2v) is 32.7. The van der Waals surface area contributed by atoms with Crippen molar-refractivity contribution in [3.8, 4) is 23.0 Å². The molecule has 4 aliphatic heterocycles. The molecule has 0 aliphatic carbocycles. The molecule has 4 aromatic carbocycles. The SMILES string of the molecule is CC(C)(C)CC(C)(C)c1ccc2c(c1)C(c1cc(C(C)(C)CC(C)(C)C)ccc1OP1OCC3(CO1)COP(Oc1ccc(C(C)(C)CC(C)(C)C)cc1C1C(=O)Oc4ccc(C(C)(C)CC(C)(C)C)cc41)OC3)C(=O)O2. The Kier molecular flexibility index (Phi) is 16.1. The lowest BCUT2D eigenvalue weighted by Crippen LogP contribution is -2.45. The molecule has 12 heteroatoms. The summed E-state index contributed by atoms with van der Waals surface area (Å²) in [7, 11) is -3.74. The Bertz CT molecular complexity index is 2640. The van der Waals surface area contributed by atoms with E-state index < -0.39 is 34.5 Å². The summed E-state index contributed by atoms with van der Waals surface area (Å²) in [5, 5.41) is 0. The fraction of sp³-hybridized carbons (Fsp3) is 0.600. The monoisotopic (exact) mass is 1090 g/mol. The maximum atomic E-state index is 14.1. The highest BCUT2D eigenvalue weighted by atomic mass is 31.2. The third kappa shape index (κ3) is 13.8. The van der Waals surface area contributed by atoms with E-state index in [1.165, 1.54) is 0 Å². The first-order chi connectivity index (χ1) is 35.3. The van der Waals surface area contributed by atoms with Gasteiger partial charge in [0.05, 0.1) is 31.8 Å². The van der Waals surface area contributed by atoms with Crippen molar-refractivity contribution in [2.45, 2.75) is 198 Å². The first-order valence-corrected chi connectivity index (χ1v) is 30.0. The van der Waals surface area contributed by atoms with Crippen LogP contribution in [0.15, 0.2) is 72.8 Å². The minimum absolute atomic E-state index is 0.0678. The van der Waals surface area contributed by atoms with Crippen LogP contribution >= 0.6 is 17.2 Å². The fourth-order valence-electron chi connectivity index (χ4n) is 13.4. The first kappa shape index (κ1) is 59.2. The minimum atomic E-state index is -1.87. The molecular formula is C65H90O10P2. The van der Waals surface area contributed by atoms with Crippen LogP contribution in [0.25, 0.3) is 0 Å². The highest BCUT2D eigenvalue weighted by molar-refractivity contribution is 7.42. The van der Waals surface area contributed by atoms with E-state index >= 15 is 0 Å². The van der Waals surface area contributed by atoms with Gasteiger partial charge in [-0.2, -0.15) is 0 Å². The highest BCUT2D eigenvalue weighted by Crippen LogP contribution is 2.57. The lowest BCUT2D eigenvalue weighted by atomic mass is 9.71. The second kappa shape index (κ2) is 20.9. The maximum Gasteiger partial charge on any atom is 0.397 e. The number of hydrogen-bond acceptors (Lipinski definition) is 10. The van der Waals surface area contributed by atoms with Gasteiger partial charge < -0.3 is 36.6 Å². The predicted octanol–water partition coefficient (Wildman–Crippen LogP) is 17.6. The Labute approximate surface area is 464 Å². The summed E-state index contributed by atoms with van der Waals surface area (Å²) in [6.07, 6.45) is 3.79. The van der Waals surface area contributed by atoms with Crippen molar-refractivity contribution >= 4 is 29.1 Å². The number of carbonyl (C=O) groups excluding carboxylic acids is 2. The van der Waals surface area contributed by atoms with Crippen LogP contribution in [0.3, 0.4) is 0 Å². The van der Waals surface area contributed by atoms with Crippen molar-refractivity contribution in [3.63, 3.8) is 0 Å². The van der Waals surface area contributed by atoms with Gasteiger partial charge in [-0.05, 0) is 116 Å². The van der Waals surface area contributed by atoms with Crippen molar-refractivity contribution in [3.05, 3.63) is 117 Å². The van der Waals surface area contributed by atoms with Gasteiger partial charge in [-0.25, -0.2) is 0 Å². The molecule has 2 saturated heterocycles. The van der Waals surface area contributed by atoms with E-state index in [4.69, 9.17) is 36.6 Å². The molecular weight excluding hydrogens is 1000 g/mol. The zero-order valence-corrected chi connectivity index (χ0v) is 52.0. The van der Waals surface area contributed by atoms with Crippen molar-refractivity contribution < 1.29 is 46.2 Å². The number of carbonyl (C=O) groups is 2. The molecule has 4 aromatic rings. The summed E-state index contributed by atoms with van der Waals surface area (Å²) in [5.41, 5.74) is 6.68. The predicted molar refractivity (Wildman–Crippen MR) is 310 cm³/mol. The standard InChI is InChI=1S/C65H90O10P2/c1-57(2,3)33-61(13,14)41-21-25-49-45(29-41)53(55(66)72-49)47-31-43(63(17,18)35-59(7,8)9)23-27-51(47)74-76-68-37-65(38-69-76)39-70-77(71-40-65)75-52-28-24-44(64(19,20)36-60(10,11)12)32-48(52)54-46-30-42(22-26-50(46)73-56(54)67)62(15,16)34-58(4,5)6/h21-32,53-54H,33-40H2,1-20H3. The number of hydrogen-bond donors (Lipinski definition) is 0. The van der Waals surface area contributed by atoms with E-state index in [9.17, 15) is 9.59 Å². The molecule has 2 fully saturated rings. The highest BCUT2D eigenvalue weighted by Gasteiger charge is 2.47. The van der Waals surface area contributed by atoms with Crippen LogP contribution in [0.4, 0.5) is 0 Å². The smallest absolute Gasteiger partial charge is 0.397 e. The van der Waals surface area contributed by atoms with E-state index in [0.29, 0.717) is 23.0 Å². The molecule has 0 aromatic heterocycles. The number of ether oxygens (including phenoxy) is 2. The molecule has 77 heavy (non-hydrogen) atoms. The van der Waals surface area contributed by atoms with E-state index in [-0.39, 0.29) is 81.7 Å². The molecule has 4 aliphatic rings. The minimum Gasteiger partial charge on any atom is -0.426 e. The average Bonchev–Trinajstić information content (AvgIpc) is 3.81. The van der Waals surface area contributed by atoms with Gasteiger partial charge in [-0.15, -0.1) is 0 Å². The van der Waals surface area contributed by atoms with Crippen molar-refractivity contribution in [2.24, 2.45) is 27.1 Å². The van der Waals surface area contributed by atoms with E-state index in [1.54, 1.807) is 0 Å². The summed E-state index contributed by atoms with van der Waals surface area (Å²) in [5.74, 6) is 0.111. The topological polar surface area (TPSA) is 108 Å². The molecule has 4 heterocycles. The van der Waals surface area contributed by atoms with Crippen LogP contribution in [0.2, 0.25) is 0 Å². The molecule has 0 N–H and O–H groups in total. The largest absolute Gasteiger partial charge is 0.426 e. The van der Waals surface area contributed by atoms with Crippen molar-refractivity contribution in [1.29, 1.82) is 0 Å². The molecule has 0 radical (unpaired) electrons. The van der Waals surface area contributed by atoms with E-state index in [1.807, 2.05) is 24.3 Å². The molecule has 420 valence electrons. The summed E-state index contributed by atoms with van der Waals surface area (Å²) in [6.45, 7) is 46.2. The van der Waals surface area contributed by atoms with Gasteiger partial charge in [0.15, 0.2) is 0 Å². The van der Waals surface area contributed by atoms with Gasteiger partial charge in [0, 0.05) is 22.3 Å². The molecule has 0 saturated carbocycles. The van der Waals surface area contributed by atoms with Crippen LogP contribution in [0, 0.1) is 27.1 Å². The van der Waals surface area contributed by atoms with Crippen molar-refractivity contribution in [2.75, 3.05) is 26.4 Å². The van der Waals surface area contributed by atoms with Gasteiger partial charge in [0.2, 0.25) is 0 Å². The quantitative estimate of drug-likeness (QED) is 0.0688. The van der Waals surface area contributed by atoms with Crippen LogP contribution in [-0.2, 0) is 49.3 Å². The fourth-order valence-corrected chi connectivity index (χ4v) is 15.9. The number of benzene rings is 4. The maximum absolute atomic E-state index is 14.1. The molecule has 1 spiro atoms. The summed E-state index contributed by atoms with van der Waals surface area (Å²) >= 11 is 0. The zero-order chi connectivity index (χ0) is 56.7. The normalized spacial score (nSPS) is 22.6. The molecule has 0 bridgehead atoms. The van der Waals surface area contributed by atoms with Gasteiger partial charge in [0.25, 0.3) is 0 Å². The number of esters is 2. The summed E-state index contributed by atoms with van der Waals surface area (Å²) in [6, 6.07) is 24.8. The molecule has 0 amide bonds. The Morgan fingerprint density at radius 2 is 0.662 bits per heavy atom. The Morgan fingerprint density at radius 1 is 0.403 bits per heavy atom. The van der Waals surface area contributed by atoms with Crippen molar-refractivity contribution in [1.82, 2.24) is 0 Å². The van der Waals surface area contributed by atoms with Gasteiger partial charge >= 0.3 is 29.1 Å². The van der Waals surface area contributed by atoms with Gasteiger partial charge in [-0.1, -0.05) is 187 Å². The van der Waals surface area contributed by atoms with E-state index in [2.05, 4.69) is 187 Å². The van der Waals surface area contributed by atoms with E-state index in [0.717, 1.165) is 70.2 Å². The molecule has 2 unspecified atom stereocenters. The Morgan fingerprint density at radius 3 is 0.935 bits per heavy atom. The Hall–Kier alpha value is -3.88. The first-order valence-electron chi connectivity index (χ1n) is 27.8. The lowest BCUT2D eigenvalue weighted by Gasteiger charge is -2.41. The zero-order valence-electron chi connectivity index (χ0n) is 50.2. The third-order valence-electron chi connectivity index (χ3n) is 15.4. The molecule has 2 atom stereocenters. The van der Waals surface area contributed by atoms with Gasteiger partial charge in [0.1, 0.15) is 34.8 Å². The number of fused-ring (bicyclic) bond motifs is 2.